The Morgan fingerprint density at radius 3 is 2.89 bits per heavy atom. The molecule has 0 radical (unpaired) electrons. The maximum atomic E-state index is 5.43. The van der Waals surface area contributed by atoms with Gasteiger partial charge in [-0.1, -0.05) is 49.1 Å². The zero-order valence-corrected chi connectivity index (χ0v) is 12.4. The van der Waals surface area contributed by atoms with Crippen molar-refractivity contribution in [3.05, 3.63) is 29.8 Å². The molecule has 1 saturated heterocycles. The molecule has 0 aliphatic carbocycles. The van der Waals surface area contributed by atoms with E-state index in [1.165, 1.54) is 5.56 Å². The molecule has 0 unspecified atom stereocenters. The fourth-order valence-electron chi connectivity index (χ4n) is 1.92. The lowest BCUT2D eigenvalue weighted by atomic mass is 10.2. The van der Waals surface area contributed by atoms with Crippen LogP contribution in [-0.2, 0) is 6.54 Å². The molecule has 5 heteroatoms. The fourth-order valence-corrected chi connectivity index (χ4v) is 3.07. The Balaban J connectivity index is 2.09. The summed E-state index contributed by atoms with van der Waals surface area (Å²) in [4.78, 5) is 4.60. The SMILES string of the molecule is CCN1CSC(=S)N(Cc2ccccc2OC)C1. The van der Waals surface area contributed by atoms with Crippen molar-refractivity contribution in [2.24, 2.45) is 0 Å². The van der Waals surface area contributed by atoms with Crippen LogP contribution in [0.3, 0.4) is 0 Å². The molecule has 0 bridgehead atoms. The molecule has 1 aromatic carbocycles. The molecule has 3 nitrogen and oxygen atoms in total. The van der Waals surface area contributed by atoms with Crippen molar-refractivity contribution >= 4 is 28.3 Å². The molecule has 0 aromatic heterocycles. The average Bonchev–Trinajstić information content (AvgIpc) is 2.42. The van der Waals surface area contributed by atoms with Gasteiger partial charge >= 0.3 is 0 Å². The van der Waals surface area contributed by atoms with Crippen LogP contribution in [-0.4, -0.2) is 40.3 Å². The van der Waals surface area contributed by atoms with E-state index in [4.69, 9.17) is 17.0 Å². The van der Waals surface area contributed by atoms with Gasteiger partial charge in [-0.25, -0.2) is 0 Å². The van der Waals surface area contributed by atoms with Gasteiger partial charge in [0.05, 0.1) is 19.7 Å². The highest BCUT2D eigenvalue weighted by molar-refractivity contribution is 8.22. The molecule has 1 fully saturated rings. The molecule has 0 amide bonds. The lowest BCUT2D eigenvalue weighted by Gasteiger charge is -2.36. The Kier molecular flexibility index (Phi) is 4.86. The van der Waals surface area contributed by atoms with Gasteiger partial charge in [-0.15, -0.1) is 0 Å². The Bertz CT molecular complexity index is 425. The van der Waals surface area contributed by atoms with Crippen molar-refractivity contribution in [2.45, 2.75) is 13.5 Å². The molecule has 0 saturated carbocycles. The number of methoxy groups -OCH3 is 1. The van der Waals surface area contributed by atoms with Crippen molar-refractivity contribution < 1.29 is 4.74 Å². The maximum absolute atomic E-state index is 5.43. The largest absolute Gasteiger partial charge is 0.496 e. The van der Waals surface area contributed by atoms with E-state index in [0.717, 1.165) is 35.7 Å². The van der Waals surface area contributed by atoms with Crippen molar-refractivity contribution in [1.29, 1.82) is 0 Å². The van der Waals surface area contributed by atoms with Gasteiger partial charge in [0, 0.05) is 12.1 Å². The van der Waals surface area contributed by atoms with Gasteiger partial charge in [0.1, 0.15) is 10.1 Å². The van der Waals surface area contributed by atoms with Crippen LogP contribution in [0, 0.1) is 0 Å². The van der Waals surface area contributed by atoms with Crippen LogP contribution in [0.15, 0.2) is 24.3 Å². The number of benzene rings is 1. The highest BCUT2D eigenvalue weighted by atomic mass is 32.2. The number of hydrogen-bond donors (Lipinski definition) is 0. The molecule has 0 N–H and O–H groups in total. The summed E-state index contributed by atoms with van der Waals surface area (Å²) in [5.74, 6) is 1.93. The van der Waals surface area contributed by atoms with Crippen LogP contribution < -0.4 is 4.74 Å². The summed E-state index contributed by atoms with van der Waals surface area (Å²) >= 11 is 7.16. The Morgan fingerprint density at radius 1 is 1.39 bits per heavy atom. The fraction of sp³-hybridized carbons (Fsp3) is 0.462. The predicted molar refractivity (Wildman–Crippen MR) is 80.8 cm³/mol. The first-order valence-corrected chi connectivity index (χ1v) is 7.40. The second kappa shape index (κ2) is 6.41. The summed E-state index contributed by atoms with van der Waals surface area (Å²) in [5, 5.41) is 0. The van der Waals surface area contributed by atoms with Gasteiger partial charge in [0.2, 0.25) is 0 Å². The summed E-state index contributed by atoms with van der Waals surface area (Å²) in [7, 11) is 1.71. The minimum atomic E-state index is 0.812. The molecule has 1 heterocycles. The van der Waals surface area contributed by atoms with Gasteiger partial charge in [-0.3, -0.25) is 4.90 Å². The van der Waals surface area contributed by atoms with E-state index in [1.807, 2.05) is 18.2 Å². The lowest BCUT2D eigenvalue weighted by Crippen LogP contribution is -2.44. The lowest BCUT2D eigenvalue weighted by molar-refractivity contribution is 0.215. The Hall–Kier alpha value is -0.780. The summed E-state index contributed by atoms with van der Waals surface area (Å²) in [6.45, 7) is 4.95. The molecule has 1 aliphatic heterocycles. The zero-order valence-electron chi connectivity index (χ0n) is 10.8. The van der Waals surface area contributed by atoms with Gasteiger partial charge in [-0.2, -0.15) is 0 Å². The molecular formula is C13H18N2OS2. The molecule has 1 aliphatic rings. The number of thiocarbonyl (C=S) groups is 1. The average molecular weight is 282 g/mol. The van der Waals surface area contributed by atoms with Crippen molar-refractivity contribution in [3.63, 3.8) is 0 Å². The standard InChI is InChI=1S/C13H18N2OS2/c1-3-14-9-15(13(17)18-10-14)8-11-6-4-5-7-12(11)16-2/h4-7H,3,8-10H2,1-2H3. The molecular weight excluding hydrogens is 264 g/mol. The van der Waals surface area contributed by atoms with E-state index in [1.54, 1.807) is 18.9 Å². The monoisotopic (exact) mass is 282 g/mol. The Morgan fingerprint density at radius 2 is 2.17 bits per heavy atom. The van der Waals surface area contributed by atoms with E-state index < -0.39 is 0 Å². The predicted octanol–water partition coefficient (Wildman–Crippen LogP) is 2.77. The summed E-state index contributed by atoms with van der Waals surface area (Å²) < 4.78 is 6.36. The highest BCUT2D eigenvalue weighted by Crippen LogP contribution is 2.24. The minimum absolute atomic E-state index is 0.812. The van der Waals surface area contributed by atoms with Gasteiger partial charge in [0.15, 0.2) is 0 Å². The van der Waals surface area contributed by atoms with Crippen LogP contribution in [0.1, 0.15) is 12.5 Å². The third-order valence-electron chi connectivity index (χ3n) is 3.00. The summed E-state index contributed by atoms with van der Waals surface area (Å²) in [6.07, 6.45) is 0. The van der Waals surface area contributed by atoms with Crippen LogP contribution in [0.4, 0.5) is 0 Å². The van der Waals surface area contributed by atoms with Crippen molar-refractivity contribution in [3.8, 4) is 5.75 Å². The van der Waals surface area contributed by atoms with E-state index in [2.05, 4.69) is 22.8 Å². The first-order valence-electron chi connectivity index (χ1n) is 6.00. The minimum Gasteiger partial charge on any atom is -0.496 e. The van der Waals surface area contributed by atoms with Gasteiger partial charge in [-0.05, 0) is 12.6 Å². The number of rotatable bonds is 4. The number of nitrogens with zero attached hydrogens (tertiary/aromatic N) is 2. The topological polar surface area (TPSA) is 15.7 Å². The normalized spacial score (nSPS) is 17.0. The van der Waals surface area contributed by atoms with Crippen molar-refractivity contribution in [2.75, 3.05) is 26.2 Å². The van der Waals surface area contributed by atoms with E-state index in [0.29, 0.717) is 0 Å². The maximum Gasteiger partial charge on any atom is 0.138 e. The molecule has 2 rings (SSSR count). The first kappa shape index (κ1) is 13.6. The molecule has 0 spiro atoms. The third kappa shape index (κ3) is 3.16. The van der Waals surface area contributed by atoms with Crippen LogP contribution in [0.2, 0.25) is 0 Å². The number of ether oxygens (including phenoxy) is 1. The number of para-hydroxylation sites is 1. The molecule has 18 heavy (non-hydrogen) atoms. The van der Waals surface area contributed by atoms with E-state index in [-0.39, 0.29) is 0 Å². The number of hydrogen-bond acceptors (Lipinski definition) is 4. The van der Waals surface area contributed by atoms with E-state index >= 15 is 0 Å². The first-order chi connectivity index (χ1) is 8.74. The Labute approximate surface area is 118 Å². The van der Waals surface area contributed by atoms with Crippen LogP contribution >= 0.6 is 24.0 Å². The van der Waals surface area contributed by atoms with Crippen molar-refractivity contribution in [1.82, 2.24) is 9.80 Å². The molecule has 0 atom stereocenters. The van der Waals surface area contributed by atoms with E-state index in [9.17, 15) is 0 Å². The van der Waals surface area contributed by atoms with Crippen LogP contribution in [0.25, 0.3) is 0 Å². The molecule has 1 aromatic rings. The third-order valence-corrected chi connectivity index (χ3v) is 4.61. The summed E-state index contributed by atoms with van der Waals surface area (Å²) in [5.41, 5.74) is 1.18. The second-order valence-electron chi connectivity index (χ2n) is 4.18. The van der Waals surface area contributed by atoms with Gasteiger partial charge in [0.25, 0.3) is 0 Å². The smallest absolute Gasteiger partial charge is 0.138 e. The van der Waals surface area contributed by atoms with Crippen LogP contribution in [0.5, 0.6) is 5.75 Å². The quantitative estimate of drug-likeness (QED) is 0.787. The second-order valence-corrected chi connectivity index (χ2v) is 5.76. The zero-order chi connectivity index (χ0) is 13.0. The highest BCUT2D eigenvalue weighted by Gasteiger charge is 2.21. The number of thioether (sulfide) groups is 1. The van der Waals surface area contributed by atoms with Gasteiger partial charge < -0.3 is 9.64 Å². The summed E-state index contributed by atoms with van der Waals surface area (Å²) in [6, 6.07) is 8.11. The molecule has 98 valence electrons.